The lowest BCUT2D eigenvalue weighted by molar-refractivity contribution is -0.402. The Morgan fingerprint density at radius 3 is 2.68 bits per heavy atom. The highest BCUT2D eigenvalue weighted by Crippen LogP contribution is 2.38. The lowest BCUT2D eigenvalue weighted by Gasteiger charge is -2.12. The van der Waals surface area contributed by atoms with E-state index in [0.29, 0.717) is 16.3 Å². The van der Waals surface area contributed by atoms with Gasteiger partial charge in [-0.15, -0.1) is 11.6 Å². The zero-order valence-electron chi connectivity index (χ0n) is 9.80. The van der Waals surface area contributed by atoms with Crippen molar-refractivity contribution >= 4 is 29.1 Å². The number of rotatable bonds is 4. The van der Waals surface area contributed by atoms with Crippen molar-refractivity contribution in [3.05, 3.63) is 56.8 Å². The number of halogens is 2. The van der Waals surface area contributed by atoms with E-state index in [1.165, 1.54) is 19.2 Å². The average Bonchev–Trinajstić information content (AvgIpc) is 2.87. The van der Waals surface area contributed by atoms with Crippen molar-refractivity contribution < 1.29 is 14.1 Å². The van der Waals surface area contributed by atoms with Gasteiger partial charge in [0.15, 0.2) is 0 Å². The van der Waals surface area contributed by atoms with Gasteiger partial charge in [-0.05, 0) is 24.3 Å². The Hall–Kier alpha value is -1.72. The molecule has 1 atom stereocenters. The Balaban J connectivity index is 2.39. The number of nitrogens with zero attached hydrogens (tertiary/aromatic N) is 1. The highest BCUT2D eigenvalue weighted by molar-refractivity contribution is 6.31. The van der Waals surface area contributed by atoms with Crippen LogP contribution in [0.2, 0.25) is 5.02 Å². The number of alkyl halides is 1. The third-order valence-corrected chi connectivity index (χ3v) is 3.19. The van der Waals surface area contributed by atoms with E-state index in [0.717, 1.165) is 0 Å². The van der Waals surface area contributed by atoms with Crippen LogP contribution in [0.5, 0.6) is 5.75 Å². The largest absolute Gasteiger partial charge is 0.496 e. The van der Waals surface area contributed by atoms with Crippen molar-refractivity contribution in [2.75, 3.05) is 7.11 Å². The molecular formula is C12H9Cl2NO4. The molecular weight excluding hydrogens is 293 g/mol. The normalized spacial score (nSPS) is 12.2. The quantitative estimate of drug-likeness (QED) is 0.483. The minimum Gasteiger partial charge on any atom is -0.496 e. The van der Waals surface area contributed by atoms with Crippen LogP contribution in [0.3, 0.4) is 0 Å². The van der Waals surface area contributed by atoms with Gasteiger partial charge in [-0.2, -0.15) is 0 Å². The Labute approximate surface area is 118 Å². The highest BCUT2D eigenvalue weighted by atomic mass is 35.5. The summed E-state index contributed by atoms with van der Waals surface area (Å²) in [6.45, 7) is 0. The zero-order chi connectivity index (χ0) is 14.0. The van der Waals surface area contributed by atoms with Gasteiger partial charge in [-0.25, -0.2) is 0 Å². The van der Waals surface area contributed by atoms with E-state index >= 15 is 0 Å². The Morgan fingerprint density at radius 2 is 2.11 bits per heavy atom. The molecule has 0 spiro atoms. The fraction of sp³-hybridized carbons (Fsp3) is 0.167. The summed E-state index contributed by atoms with van der Waals surface area (Å²) in [5, 5.41) is 10.3. The van der Waals surface area contributed by atoms with Gasteiger partial charge in [0.05, 0.1) is 13.2 Å². The van der Waals surface area contributed by atoms with Gasteiger partial charge in [0.1, 0.15) is 21.8 Å². The van der Waals surface area contributed by atoms with Crippen LogP contribution in [0.4, 0.5) is 5.88 Å². The fourth-order valence-corrected chi connectivity index (χ4v) is 2.10. The summed E-state index contributed by atoms with van der Waals surface area (Å²) in [4.78, 5) is 9.95. The predicted molar refractivity (Wildman–Crippen MR) is 71.1 cm³/mol. The molecule has 7 heteroatoms. The number of hydrogen-bond donors (Lipinski definition) is 0. The van der Waals surface area contributed by atoms with E-state index < -0.39 is 10.3 Å². The summed E-state index contributed by atoms with van der Waals surface area (Å²) in [7, 11) is 1.50. The van der Waals surface area contributed by atoms with Gasteiger partial charge in [0.2, 0.25) is 0 Å². The molecule has 0 saturated heterocycles. The second-order valence-corrected chi connectivity index (χ2v) is 4.55. The molecule has 1 unspecified atom stereocenters. The maximum Gasteiger partial charge on any atom is 0.433 e. The van der Waals surface area contributed by atoms with Crippen LogP contribution >= 0.6 is 23.2 Å². The smallest absolute Gasteiger partial charge is 0.433 e. The lowest BCUT2D eigenvalue weighted by Crippen LogP contribution is -1.96. The van der Waals surface area contributed by atoms with E-state index in [9.17, 15) is 10.1 Å². The standard InChI is InChI=1S/C12H9Cl2NO4/c1-18-9-3-2-7(13)6-8(9)12(14)10-4-5-11(19-10)15(16)17/h2-6,12H,1H3. The van der Waals surface area contributed by atoms with Crippen LogP contribution in [0, 0.1) is 10.1 Å². The van der Waals surface area contributed by atoms with E-state index in [1.807, 2.05) is 0 Å². The number of ether oxygens (including phenoxy) is 1. The number of hydrogen-bond acceptors (Lipinski definition) is 4. The van der Waals surface area contributed by atoms with E-state index in [-0.39, 0.29) is 11.6 Å². The Morgan fingerprint density at radius 1 is 1.37 bits per heavy atom. The van der Waals surface area contributed by atoms with Gasteiger partial charge >= 0.3 is 5.88 Å². The minimum atomic E-state index is -0.720. The first-order valence-corrected chi connectivity index (χ1v) is 6.06. The molecule has 0 bridgehead atoms. The molecule has 0 saturated carbocycles. The molecule has 0 aliphatic heterocycles. The summed E-state index contributed by atoms with van der Waals surface area (Å²) >= 11 is 12.2. The highest BCUT2D eigenvalue weighted by Gasteiger charge is 2.22. The maximum absolute atomic E-state index is 10.6. The van der Waals surface area contributed by atoms with E-state index in [2.05, 4.69) is 0 Å². The van der Waals surface area contributed by atoms with Gasteiger partial charge in [-0.1, -0.05) is 11.6 Å². The first-order valence-electron chi connectivity index (χ1n) is 5.24. The minimum absolute atomic E-state index is 0.258. The van der Waals surface area contributed by atoms with Crippen LogP contribution in [0.25, 0.3) is 0 Å². The third-order valence-electron chi connectivity index (χ3n) is 2.51. The molecule has 0 radical (unpaired) electrons. The van der Waals surface area contributed by atoms with Crippen LogP contribution in [-0.2, 0) is 0 Å². The van der Waals surface area contributed by atoms with Gasteiger partial charge in [0.25, 0.3) is 0 Å². The first-order chi connectivity index (χ1) is 9.02. The van der Waals surface area contributed by atoms with Crippen molar-refractivity contribution in [3.8, 4) is 5.75 Å². The molecule has 1 aromatic heterocycles. The van der Waals surface area contributed by atoms with Crippen molar-refractivity contribution in [2.45, 2.75) is 5.38 Å². The molecule has 0 aliphatic rings. The van der Waals surface area contributed by atoms with Gasteiger partial charge in [-0.3, -0.25) is 10.1 Å². The number of furan rings is 1. The summed E-state index contributed by atoms with van der Waals surface area (Å²) in [6.07, 6.45) is 0. The molecule has 5 nitrogen and oxygen atoms in total. The molecule has 100 valence electrons. The average molecular weight is 302 g/mol. The van der Waals surface area contributed by atoms with Gasteiger partial charge in [0, 0.05) is 10.6 Å². The molecule has 0 amide bonds. The van der Waals surface area contributed by atoms with Crippen molar-refractivity contribution in [1.29, 1.82) is 0 Å². The number of methoxy groups -OCH3 is 1. The fourth-order valence-electron chi connectivity index (χ4n) is 1.63. The maximum atomic E-state index is 10.6. The number of benzene rings is 1. The third kappa shape index (κ3) is 2.83. The molecule has 0 N–H and O–H groups in total. The van der Waals surface area contributed by atoms with Crippen LogP contribution in [-0.4, -0.2) is 12.0 Å². The molecule has 19 heavy (non-hydrogen) atoms. The zero-order valence-corrected chi connectivity index (χ0v) is 11.3. The summed E-state index contributed by atoms with van der Waals surface area (Å²) in [6, 6.07) is 7.67. The molecule has 2 rings (SSSR count). The van der Waals surface area contributed by atoms with E-state index in [1.54, 1.807) is 18.2 Å². The Bertz CT molecular complexity index is 612. The SMILES string of the molecule is COc1ccc(Cl)cc1C(Cl)c1ccc([N+](=O)[O-])o1. The summed E-state index contributed by atoms with van der Waals surface area (Å²) in [5.74, 6) is 0.430. The second kappa shape index (κ2) is 5.50. The second-order valence-electron chi connectivity index (χ2n) is 3.68. The first kappa shape index (κ1) is 13.7. The van der Waals surface area contributed by atoms with Gasteiger partial charge < -0.3 is 9.15 Å². The monoisotopic (exact) mass is 301 g/mol. The Kier molecular flexibility index (Phi) is 3.97. The summed E-state index contributed by atoms with van der Waals surface area (Å²) < 4.78 is 10.2. The molecule has 0 aliphatic carbocycles. The topological polar surface area (TPSA) is 65.5 Å². The van der Waals surface area contributed by atoms with Crippen LogP contribution in [0.15, 0.2) is 34.7 Å². The lowest BCUT2D eigenvalue weighted by atomic mass is 10.1. The predicted octanol–water partition coefficient (Wildman–Crippen LogP) is 4.18. The van der Waals surface area contributed by atoms with Crippen LogP contribution in [0.1, 0.15) is 16.7 Å². The summed E-state index contributed by atoms with van der Waals surface area (Å²) in [5.41, 5.74) is 0.584. The molecule has 0 fully saturated rings. The van der Waals surface area contributed by atoms with Crippen LogP contribution < -0.4 is 4.74 Å². The van der Waals surface area contributed by atoms with E-state index in [4.69, 9.17) is 32.4 Å². The number of nitro groups is 1. The van der Waals surface area contributed by atoms with Crippen molar-refractivity contribution in [2.24, 2.45) is 0 Å². The molecule has 1 aromatic carbocycles. The van der Waals surface area contributed by atoms with Crippen molar-refractivity contribution in [1.82, 2.24) is 0 Å². The molecule has 2 aromatic rings. The molecule has 1 heterocycles. The van der Waals surface area contributed by atoms with Crippen molar-refractivity contribution in [3.63, 3.8) is 0 Å².